The Kier molecular flexibility index (Phi) is 3.72. The second-order valence-corrected chi connectivity index (χ2v) is 5.19. The summed E-state index contributed by atoms with van der Waals surface area (Å²) in [5.41, 5.74) is 7.69. The maximum absolute atomic E-state index is 6.20. The Morgan fingerprint density at radius 2 is 2.25 bits per heavy atom. The molecule has 0 aromatic heterocycles. The van der Waals surface area contributed by atoms with Crippen molar-refractivity contribution < 1.29 is 0 Å². The molecular weight excluding hydrogens is 220 g/mol. The fourth-order valence-corrected chi connectivity index (χ4v) is 2.62. The molecule has 3 N–H and O–H groups in total. The van der Waals surface area contributed by atoms with Crippen molar-refractivity contribution in [2.45, 2.75) is 38.8 Å². The molecule has 0 heterocycles. The monoisotopic (exact) mass is 238 g/mol. The van der Waals surface area contributed by atoms with Crippen molar-refractivity contribution in [2.24, 2.45) is 11.7 Å². The molecule has 0 radical (unpaired) electrons. The molecule has 2 nitrogen and oxygen atoms in total. The van der Waals surface area contributed by atoms with E-state index in [1.54, 1.807) is 0 Å². The van der Waals surface area contributed by atoms with E-state index in [2.05, 4.69) is 12.2 Å². The molecular formula is C13H19ClN2. The van der Waals surface area contributed by atoms with Crippen molar-refractivity contribution in [3.8, 4) is 0 Å². The second kappa shape index (κ2) is 5.07. The minimum atomic E-state index is 0.542. The molecule has 2 rings (SSSR count). The number of anilines is 1. The average molecular weight is 239 g/mol. The summed E-state index contributed by atoms with van der Waals surface area (Å²) in [5.74, 6) is 0.833. The first-order valence-corrected chi connectivity index (χ1v) is 6.32. The van der Waals surface area contributed by atoms with Gasteiger partial charge in [0, 0.05) is 12.6 Å². The Morgan fingerprint density at radius 3 is 2.81 bits per heavy atom. The summed E-state index contributed by atoms with van der Waals surface area (Å²) < 4.78 is 0. The van der Waals surface area contributed by atoms with Gasteiger partial charge in [-0.05, 0) is 42.9 Å². The van der Waals surface area contributed by atoms with Crippen molar-refractivity contribution in [1.29, 1.82) is 0 Å². The predicted octanol–water partition coefficient (Wildman–Crippen LogP) is 3.40. The van der Waals surface area contributed by atoms with Crippen LogP contribution in [0.4, 0.5) is 5.69 Å². The van der Waals surface area contributed by atoms with E-state index in [4.69, 9.17) is 17.3 Å². The van der Waals surface area contributed by atoms with Crippen LogP contribution in [0.3, 0.4) is 0 Å². The second-order valence-electron chi connectivity index (χ2n) is 4.78. The molecule has 1 aromatic carbocycles. The Bertz CT molecular complexity index is 365. The van der Waals surface area contributed by atoms with Gasteiger partial charge in [-0.2, -0.15) is 0 Å². The van der Waals surface area contributed by atoms with Crippen molar-refractivity contribution in [3.05, 3.63) is 28.8 Å². The lowest BCUT2D eigenvalue weighted by atomic mass is 10.1. The highest BCUT2D eigenvalue weighted by molar-refractivity contribution is 6.33. The highest BCUT2D eigenvalue weighted by Gasteiger charge is 2.21. The van der Waals surface area contributed by atoms with Crippen LogP contribution in [-0.4, -0.2) is 6.04 Å². The van der Waals surface area contributed by atoms with E-state index < -0.39 is 0 Å². The highest BCUT2D eigenvalue weighted by atomic mass is 35.5. The minimum absolute atomic E-state index is 0.542. The van der Waals surface area contributed by atoms with Crippen LogP contribution in [0.1, 0.15) is 31.7 Å². The maximum Gasteiger partial charge on any atom is 0.0640 e. The van der Waals surface area contributed by atoms with Crippen LogP contribution in [0.5, 0.6) is 0 Å². The molecule has 1 saturated carbocycles. The van der Waals surface area contributed by atoms with Crippen molar-refractivity contribution in [2.75, 3.05) is 5.32 Å². The van der Waals surface area contributed by atoms with Gasteiger partial charge in [-0.15, -0.1) is 0 Å². The van der Waals surface area contributed by atoms with E-state index in [1.807, 2.05) is 18.2 Å². The van der Waals surface area contributed by atoms with Gasteiger partial charge in [-0.1, -0.05) is 24.6 Å². The Morgan fingerprint density at radius 1 is 1.44 bits per heavy atom. The molecule has 3 heteroatoms. The first kappa shape index (κ1) is 11.7. The summed E-state index contributed by atoms with van der Waals surface area (Å²) in [7, 11) is 0. The molecule has 1 aromatic rings. The van der Waals surface area contributed by atoms with Gasteiger partial charge in [-0.25, -0.2) is 0 Å². The van der Waals surface area contributed by atoms with Gasteiger partial charge >= 0.3 is 0 Å². The third kappa shape index (κ3) is 2.69. The van der Waals surface area contributed by atoms with Gasteiger partial charge in [0.05, 0.1) is 10.7 Å². The number of rotatable bonds is 3. The molecule has 0 amide bonds. The highest BCUT2D eigenvalue weighted by Crippen LogP contribution is 2.30. The Balaban J connectivity index is 2.04. The average Bonchev–Trinajstić information content (AvgIpc) is 2.67. The molecule has 16 heavy (non-hydrogen) atoms. The Hall–Kier alpha value is -0.730. The lowest BCUT2D eigenvalue weighted by Gasteiger charge is -2.15. The van der Waals surface area contributed by atoms with E-state index >= 15 is 0 Å². The molecule has 0 bridgehead atoms. The molecule has 1 aliphatic rings. The number of benzene rings is 1. The van der Waals surface area contributed by atoms with Crippen LogP contribution in [0.2, 0.25) is 5.02 Å². The van der Waals surface area contributed by atoms with Gasteiger partial charge in [0.2, 0.25) is 0 Å². The summed E-state index contributed by atoms with van der Waals surface area (Å²) in [5, 5.41) is 4.30. The number of nitrogens with one attached hydrogen (secondary N) is 1. The molecule has 0 saturated heterocycles. The van der Waals surface area contributed by atoms with Gasteiger partial charge in [0.1, 0.15) is 0 Å². The standard InChI is InChI=1S/C13H19ClN2/c1-9-2-4-11(6-9)16-13-5-3-10(8-15)7-12(13)14/h3,5,7,9,11,16H,2,4,6,8,15H2,1H3. The predicted molar refractivity (Wildman–Crippen MR) is 69.8 cm³/mol. The molecule has 88 valence electrons. The minimum Gasteiger partial charge on any atom is -0.381 e. The SMILES string of the molecule is CC1CCC(Nc2ccc(CN)cc2Cl)C1. The quantitative estimate of drug-likeness (QED) is 0.847. The van der Waals surface area contributed by atoms with Crippen LogP contribution in [0.25, 0.3) is 0 Å². The van der Waals surface area contributed by atoms with Gasteiger partial charge in [0.15, 0.2) is 0 Å². The van der Waals surface area contributed by atoms with E-state index in [9.17, 15) is 0 Å². The normalized spacial score (nSPS) is 24.7. The van der Waals surface area contributed by atoms with Crippen LogP contribution < -0.4 is 11.1 Å². The number of hydrogen-bond acceptors (Lipinski definition) is 2. The van der Waals surface area contributed by atoms with Crippen LogP contribution in [0, 0.1) is 5.92 Å². The van der Waals surface area contributed by atoms with Gasteiger partial charge in [0.25, 0.3) is 0 Å². The van der Waals surface area contributed by atoms with Gasteiger partial charge in [-0.3, -0.25) is 0 Å². The van der Waals surface area contributed by atoms with Crippen LogP contribution >= 0.6 is 11.6 Å². The topological polar surface area (TPSA) is 38.0 Å². The van der Waals surface area contributed by atoms with E-state index in [0.717, 1.165) is 22.2 Å². The molecule has 1 aliphatic carbocycles. The number of halogens is 1. The first-order chi connectivity index (χ1) is 7.69. The van der Waals surface area contributed by atoms with Crippen molar-refractivity contribution in [3.63, 3.8) is 0 Å². The molecule has 0 spiro atoms. The van der Waals surface area contributed by atoms with Crippen molar-refractivity contribution >= 4 is 17.3 Å². The largest absolute Gasteiger partial charge is 0.381 e. The zero-order valence-electron chi connectivity index (χ0n) is 9.67. The van der Waals surface area contributed by atoms with Gasteiger partial charge < -0.3 is 11.1 Å². The summed E-state index contributed by atoms with van der Waals surface area (Å²) in [6.45, 7) is 2.85. The molecule has 2 unspecified atom stereocenters. The summed E-state index contributed by atoms with van der Waals surface area (Å²) in [6, 6.07) is 6.60. The lowest BCUT2D eigenvalue weighted by molar-refractivity contribution is 0.602. The van der Waals surface area contributed by atoms with E-state index in [1.165, 1.54) is 19.3 Å². The molecule has 1 fully saturated rings. The third-order valence-electron chi connectivity index (χ3n) is 3.32. The summed E-state index contributed by atoms with van der Waals surface area (Å²) >= 11 is 6.20. The van der Waals surface area contributed by atoms with E-state index in [-0.39, 0.29) is 0 Å². The van der Waals surface area contributed by atoms with Crippen LogP contribution in [-0.2, 0) is 6.54 Å². The molecule has 0 aliphatic heterocycles. The maximum atomic E-state index is 6.20. The first-order valence-electron chi connectivity index (χ1n) is 5.94. The number of hydrogen-bond donors (Lipinski definition) is 2. The number of nitrogens with two attached hydrogens (primary N) is 1. The molecule has 2 atom stereocenters. The zero-order chi connectivity index (χ0) is 11.5. The summed E-state index contributed by atoms with van der Waals surface area (Å²) in [6.07, 6.45) is 3.81. The van der Waals surface area contributed by atoms with E-state index in [0.29, 0.717) is 12.6 Å². The van der Waals surface area contributed by atoms with Crippen molar-refractivity contribution in [1.82, 2.24) is 0 Å². The Labute approximate surface area is 102 Å². The third-order valence-corrected chi connectivity index (χ3v) is 3.64. The zero-order valence-corrected chi connectivity index (χ0v) is 10.4. The smallest absolute Gasteiger partial charge is 0.0640 e. The fraction of sp³-hybridized carbons (Fsp3) is 0.538. The van der Waals surface area contributed by atoms with Crippen LogP contribution in [0.15, 0.2) is 18.2 Å². The summed E-state index contributed by atoms with van der Waals surface area (Å²) in [4.78, 5) is 0. The fourth-order valence-electron chi connectivity index (χ4n) is 2.36. The lowest BCUT2D eigenvalue weighted by Crippen LogP contribution is -2.15.